The number of anilines is 1. The van der Waals surface area contributed by atoms with E-state index in [4.69, 9.17) is 9.47 Å². The monoisotopic (exact) mass is 365 g/mol. The summed E-state index contributed by atoms with van der Waals surface area (Å²) in [7, 11) is -3.38. The molecule has 0 saturated heterocycles. The third-order valence-electron chi connectivity index (χ3n) is 2.35. The number of benzene rings is 1. The molecular weight excluding hydrogens is 346 g/mol. The quantitative estimate of drug-likeness (QED) is 0.766. The lowest BCUT2D eigenvalue weighted by Crippen LogP contribution is -2.17. The van der Waals surface area contributed by atoms with Gasteiger partial charge in [0.15, 0.2) is 11.5 Å². The van der Waals surface area contributed by atoms with Gasteiger partial charge in [0.2, 0.25) is 10.0 Å². The molecule has 0 spiro atoms. The van der Waals surface area contributed by atoms with E-state index < -0.39 is 10.0 Å². The Balaban J connectivity index is 3.22. The smallest absolute Gasteiger partial charge is 0.232 e. The van der Waals surface area contributed by atoms with Crippen LogP contribution in [0.15, 0.2) is 16.6 Å². The number of rotatable bonds is 8. The number of hydrogen-bond acceptors (Lipinski definition) is 4. The number of nitrogens with one attached hydrogen (secondary N) is 1. The molecule has 0 saturated carbocycles. The highest BCUT2D eigenvalue weighted by atomic mass is 79.9. The standard InChI is InChI=1S/C13H20BrNO4S/c1-4-7-20(16,17)15-11-8-10(14)9-12(18-5-2)13(11)19-6-3/h8-9,15H,4-7H2,1-3H3. The lowest BCUT2D eigenvalue weighted by Gasteiger charge is -2.17. The molecule has 1 rings (SSSR count). The highest BCUT2D eigenvalue weighted by molar-refractivity contribution is 9.10. The molecule has 0 amide bonds. The molecule has 7 heteroatoms. The van der Waals surface area contributed by atoms with Gasteiger partial charge in [-0.15, -0.1) is 0 Å². The van der Waals surface area contributed by atoms with Crippen LogP contribution in [0, 0.1) is 0 Å². The normalized spacial score (nSPS) is 11.2. The topological polar surface area (TPSA) is 64.6 Å². The van der Waals surface area contributed by atoms with Gasteiger partial charge in [-0.2, -0.15) is 0 Å². The molecule has 20 heavy (non-hydrogen) atoms. The van der Waals surface area contributed by atoms with E-state index in [-0.39, 0.29) is 5.75 Å². The molecule has 0 aliphatic rings. The summed E-state index contributed by atoms with van der Waals surface area (Å²) in [5.41, 5.74) is 0.387. The van der Waals surface area contributed by atoms with Gasteiger partial charge in [0.25, 0.3) is 0 Å². The Hall–Kier alpha value is -0.950. The van der Waals surface area contributed by atoms with Crippen LogP contribution in [0.2, 0.25) is 0 Å². The zero-order chi connectivity index (χ0) is 15.2. The van der Waals surface area contributed by atoms with E-state index in [0.29, 0.717) is 36.8 Å². The highest BCUT2D eigenvalue weighted by Crippen LogP contribution is 2.39. The SMILES string of the molecule is CCCS(=O)(=O)Nc1cc(Br)cc(OCC)c1OCC. The van der Waals surface area contributed by atoms with Crippen molar-refractivity contribution in [3.05, 3.63) is 16.6 Å². The predicted molar refractivity (Wildman–Crippen MR) is 84.2 cm³/mol. The Morgan fingerprint density at radius 3 is 2.35 bits per heavy atom. The summed E-state index contributed by atoms with van der Waals surface area (Å²) in [5.74, 6) is 0.991. The Labute approximate surface area is 128 Å². The second kappa shape index (κ2) is 7.73. The summed E-state index contributed by atoms with van der Waals surface area (Å²) in [6.07, 6.45) is 0.547. The summed E-state index contributed by atoms with van der Waals surface area (Å²) in [5, 5.41) is 0. The summed E-state index contributed by atoms with van der Waals surface area (Å²) in [6, 6.07) is 3.42. The van der Waals surface area contributed by atoms with Crippen molar-refractivity contribution in [1.82, 2.24) is 0 Å². The molecule has 114 valence electrons. The van der Waals surface area contributed by atoms with Crippen molar-refractivity contribution in [1.29, 1.82) is 0 Å². The molecule has 0 aromatic heterocycles. The summed E-state index contributed by atoms with van der Waals surface area (Å²) in [4.78, 5) is 0. The zero-order valence-electron chi connectivity index (χ0n) is 11.9. The maximum Gasteiger partial charge on any atom is 0.232 e. The van der Waals surface area contributed by atoms with Crippen molar-refractivity contribution in [3.63, 3.8) is 0 Å². The van der Waals surface area contributed by atoms with Gasteiger partial charge >= 0.3 is 0 Å². The molecular formula is C13H20BrNO4S. The van der Waals surface area contributed by atoms with Crippen LogP contribution in [0.3, 0.4) is 0 Å². The van der Waals surface area contributed by atoms with Crippen LogP contribution in [0.4, 0.5) is 5.69 Å². The Morgan fingerprint density at radius 1 is 1.15 bits per heavy atom. The average Bonchev–Trinajstić information content (AvgIpc) is 2.33. The van der Waals surface area contributed by atoms with Gasteiger partial charge in [-0.1, -0.05) is 22.9 Å². The van der Waals surface area contributed by atoms with Crippen molar-refractivity contribution >= 4 is 31.6 Å². The van der Waals surface area contributed by atoms with Crippen LogP contribution in [0.25, 0.3) is 0 Å². The van der Waals surface area contributed by atoms with Crippen LogP contribution < -0.4 is 14.2 Å². The van der Waals surface area contributed by atoms with Crippen LogP contribution in [-0.4, -0.2) is 27.4 Å². The molecule has 0 atom stereocenters. The van der Waals surface area contributed by atoms with E-state index in [1.54, 1.807) is 12.1 Å². The number of ether oxygens (including phenoxy) is 2. The number of halogens is 1. The third-order valence-corrected chi connectivity index (χ3v) is 4.28. The second-order valence-corrected chi connectivity index (χ2v) is 6.83. The lowest BCUT2D eigenvalue weighted by atomic mass is 10.3. The fraction of sp³-hybridized carbons (Fsp3) is 0.538. The Bertz CT molecular complexity index is 546. The molecule has 0 heterocycles. The molecule has 1 aromatic rings. The zero-order valence-corrected chi connectivity index (χ0v) is 14.3. The van der Waals surface area contributed by atoms with E-state index in [0.717, 1.165) is 4.47 Å². The first kappa shape index (κ1) is 17.1. The number of sulfonamides is 1. The van der Waals surface area contributed by atoms with Gasteiger partial charge in [-0.3, -0.25) is 4.72 Å². The van der Waals surface area contributed by atoms with E-state index >= 15 is 0 Å². The summed E-state index contributed by atoms with van der Waals surface area (Å²) in [6.45, 7) is 6.40. The van der Waals surface area contributed by atoms with Crippen LogP contribution in [-0.2, 0) is 10.0 Å². The molecule has 0 aliphatic heterocycles. The van der Waals surface area contributed by atoms with Crippen LogP contribution in [0.5, 0.6) is 11.5 Å². The van der Waals surface area contributed by atoms with Crippen molar-refractivity contribution < 1.29 is 17.9 Å². The third kappa shape index (κ3) is 4.86. The first-order valence-electron chi connectivity index (χ1n) is 6.53. The molecule has 0 bridgehead atoms. The minimum absolute atomic E-state index is 0.0645. The minimum atomic E-state index is -3.38. The van der Waals surface area contributed by atoms with Crippen molar-refractivity contribution in [2.75, 3.05) is 23.7 Å². The molecule has 1 N–H and O–H groups in total. The molecule has 0 unspecified atom stereocenters. The minimum Gasteiger partial charge on any atom is -0.490 e. The lowest BCUT2D eigenvalue weighted by molar-refractivity contribution is 0.289. The molecule has 0 radical (unpaired) electrons. The van der Waals surface area contributed by atoms with Gasteiger partial charge in [-0.25, -0.2) is 8.42 Å². The van der Waals surface area contributed by atoms with E-state index in [1.165, 1.54) is 0 Å². The predicted octanol–water partition coefficient (Wildman–Crippen LogP) is 3.40. The van der Waals surface area contributed by atoms with Gasteiger partial charge in [0.05, 0.1) is 24.7 Å². The van der Waals surface area contributed by atoms with E-state index in [2.05, 4.69) is 20.7 Å². The fourth-order valence-electron chi connectivity index (χ4n) is 1.69. The maximum atomic E-state index is 11.9. The Morgan fingerprint density at radius 2 is 1.80 bits per heavy atom. The van der Waals surface area contributed by atoms with Gasteiger partial charge in [0, 0.05) is 4.47 Å². The van der Waals surface area contributed by atoms with Crippen LogP contribution >= 0.6 is 15.9 Å². The van der Waals surface area contributed by atoms with E-state index in [1.807, 2.05) is 20.8 Å². The Kier molecular flexibility index (Phi) is 6.61. The summed E-state index contributed by atoms with van der Waals surface area (Å²) < 4.78 is 38.1. The van der Waals surface area contributed by atoms with Crippen LogP contribution in [0.1, 0.15) is 27.2 Å². The molecule has 0 fully saturated rings. The molecule has 5 nitrogen and oxygen atoms in total. The van der Waals surface area contributed by atoms with Crippen molar-refractivity contribution in [3.8, 4) is 11.5 Å². The van der Waals surface area contributed by atoms with Crippen molar-refractivity contribution in [2.45, 2.75) is 27.2 Å². The van der Waals surface area contributed by atoms with Gasteiger partial charge < -0.3 is 9.47 Å². The summed E-state index contributed by atoms with van der Waals surface area (Å²) >= 11 is 3.34. The molecule has 0 aliphatic carbocycles. The fourth-order valence-corrected chi connectivity index (χ4v) is 3.25. The van der Waals surface area contributed by atoms with E-state index in [9.17, 15) is 8.42 Å². The number of hydrogen-bond donors (Lipinski definition) is 1. The largest absolute Gasteiger partial charge is 0.490 e. The highest BCUT2D eigenvalue weighted by Gasteiger charge is 2.17. The second-order valence-electron chi connectivity index (χ2n) is 4.07. The van der Waals surface area contributed by atoms with Crippen molar-refractivity contribution in [2.24, 2.45) is 0 Å². The van der Waals surface area contributed by atoms with Gasteiger partial charge in [-0.05, 0) is 32.4 Å². The first-order valence-corrected chi connectivity index (χ1v) is 8.97. The maximum absolute atomic E-state index is 11.9. The van der Waals surface area contributed by atoms with Gasteiger partial charge in [0.1, 0.15) is 0 Å². The molecule has 1 aromatic carbocycles. The average molecular weight is 366 g/mol. The first-order chi connectivity index (χ1) is 9.43.